The van der Waals surface area contributed by atoms with Crippen molar-refractivity contribution in [1.82, 2.24) is 4.57 Å². The Morgan fingerprint density at radius 1 is 1.00 bits per heavy atom. The lowest BCUT2D eigenvalue weighted by Gasteiger charge is -2.02. The summed E-state index contributed by atoms with van der Waals surface area (Å²) in [7, 11) is 0. The molecular formula is C7H11NO4. The third kappa shape index (κ3) is 1.03. The van der Waals surface area contributed by atoms with E-state index in [-0.39, 0.29) is 0 Å². The van der Waals surface area contributed by atoms with Crippen LogP contribution in [0.3, 0.4) is 0 Å². The lowest BCUT2D eigenvalue weighted by molar-refractivity contribution is 0.349. The molecule has 4 N–H and O–H groups in total. The molecule has 12 heavy (non-hydrogen) atoms. The normalized spacial score (nSPS) is 10.4. The summed E-state index contributed by atoms with van der Waals surface area (Å²) in [6.45, 7) is 2.18. The van der Waals surface area contributed by atoms with Gasteiger partial charge in [0.25, 0.3) is 0 Å². The van der Waals surface area contributed by atoms with Crippen LogP contribution in [0, 0.1) is 0 Å². The van der Waals surface area contributed by atoms with Crippen molar-refractivity contribution >= 4 is 0 Å². The molecule has 0 spiro atoms. The molecule has 0 fully saturated rings. The van der Waals surface area contributed by atoms with Gasteiger partial charge in [-0.15, -0.1) is 0 Å². The monoisotopic (exact) mass is 173 g/mol. The minimum Gasteiger partial charge on any atom is -0.500 e. The second kappa shape index (κ2) is 2.84. The summed E-state index contributed by atoms with van der Waals surface area (Å²) >= 11 is 0. The summed E-state index contributed by atoms with van der Waals surface area (Å²) in [5, 5.41) is 36.2. The molecule has 0 aromatic carbocycles. The van der Waals surface area contributed by atoms with Gasteiger partial charge in [-0.2, -0.15) is 0 Å². The Hall–Kier alpha value is -1.52. The molecule has 0 aliphatic carbocycles. The van der Waals surface area contributed by atoms with Crippen molar-refractivity contribution in [3.05, 3.63) is 0 Å². The third-order valence-corrected chi connectivity index (χ3v) is 1.61. The van der Waals surface area contributed by atoms with Crippen LogP contribution in [-0.4, -0.2) is 25.0 Å². The fourth-order valence-electron chi connectivity index (χ4n) is 1.00. The van der Waals surface area contributed by atoms with Crippen molar-refractivity contribution in [3.63, 3.8) is 0 Å². The molecule has 1 aromatic rings. The van der Waals surface area contributed by atoms with Gasteiger partial charge in [0.15, 0.2) is 0 Å². The number of nitrogens with zero attached hydrogens (tertiary/aromatic N) is 1. The van der Waals surface area contributed by atoms with E-state index in [1.54, 1.807) is 0 Å². The van der Waals surface area contributed by atoms with Gasteiger partial charge >= 0.3 is 0 Å². The van der Waals surface area contributed by atoms with Gasteiger partial charge in [0.2, 0.25) is 23.3 Å². The largest absolute Gasteiger partial charge is 0.500 e. The molecule has 0 bridgehead atoms. The molecular weight excluding hydrogens is 162 g/mol. The van der Waals surface area contributed by atoms with Gasteiger partial charge in [-0.25, -0.2) is 0 Å². The first-order valence-electron chi connectivity index (χ1n) is 3.61. The zero-order valence-electron chi connectivity index (χ0n) is 6.65. The quantitative estimate of drug-likeness (QED) is 0.530. The molecule has 1 aromatic heterocycles. The first-order chi connectivity index (χ1) is 5.59. The smallest absolute Gasteiger partial charge is 0.241 e. The van der Waals surface area contributed by atoms with Crippen LogP contribution in [0.1, 0.15) is 13.3 Å². The van der Waals surface area contributed by atoms with Crippen molar-refractivity contribution in [3.8, 4) is 23.3 Å². The minimum absolute atomic E-state index is 0.339. The summed E-state index contributed by atoms with van der Waals surface area (Å²) in [6.07, 6.45) is 0.675. The van der Waals surface area contributed by atoms with E-state index < -0.39 is 23.3 Å². The fourth-order valence-corrected chi connectivity index (χ4v) is 1.00. The molecule has 5 heteroatoms. The Labute approximate surface area is 69.1 Å². The molecule has 1 heterocycles. The average molecular weight is 173 g/mol. The predicted octanol–water partition coefficient (Wildman–Crippen LogP) is 0.720. The molecule has 0 saturated carbocycles. The standard InChI is InChI=1S/C7H11NO4/c1-2-3-8-6(11)4(9)5(10)7(8)12/h9-12H,2-3H2,1H3. The van der Waals surface area contributed by atoms with Crippen LogP contribution in [0.5, 0.6) is 23.3 Å². The lowest BCUT2D eigenvalue weighted by atomic mass is 10.5. The molecule has 0 amide bonds. The van der Waals surface area contributed by atoms with Gasteiger partial charge in [-0.05, 0) is 6.42 Å². The van der Waals surface area contributed by atoms with Crippen LogP contribution in [0.2, 0.25) is 0 Å². The maximum atomic E-state index is 9.12. The molecule has 5 nitrogen and oxygen atoms in total. The minimum atomic E-state index is -0.680. The van der Waals surface area contributed by atoms with Crippen molar-refractivity contribution in [1.29, 1.82) is 0 Å². The number of rotatable bonds is 2. The molecule has 1 rings (SSSR count). The van der Waals surface area contributed by atoms with E-state index in [0.29, 0.717) is 13.0 Å². The topological polar surface area (TPSA) is 85.9 Å². The Balaban J connectivity index is 3.18. The second-order valence-electron chi connectivity index (χ2n) is 2.50. The SMILES string of the molecule is CCCn1c(O)c(O)c(O)c1O. The summed E-state index contributed by atoms with van der Waals surface area (Å²) in [5.74, 6) is -2.37. The lowest BCUT2D eigenvalue weighted by Crippen LogP contribution is -1.94. The van der Waals surface area contributed by atoms with E-state index in [1.165, 1.54) is 0 Å². The Kier molecular flexibility index (Phi) is 2.03. The fraction of sp³-hybridized carbons (Fsp3) is 0.429. The van der Waals surface area contributed by atoms with Crippen LogP contribution >= 0.6 is 0 Å². The van der Waals surface area contributed by atoms with Crippen molar-refractivity contribution in [2.75, 3.05) is 0 Å². The highest BCUT2D eigenvalue weighted by atomic mass is 16.4. The van der Waals surface area contributed by atoms with Crippen LogP contribution in [0.25, 0.3) is 0 Å². The van der Waals surface area contributed by atoms with Gasteiger partial charge in [0.05, 0.1) is 0 Å². The zero-order valence-corrected chi connectivity index (χ0v) is 6.65. The number of aromatic nitrogens is 1. The average Bonchev–Trinajstić information content (AvgIpc) is 2.23. The van der Waals surface area contributed by atoms with E-state index in [1.807, 2.05) is 6.92 Å². The molecule has 0 radical (unpaired) electrons. The summed E-state index contributed by atoms with van der Waals surface area (Å²) < 4.78 is 1.03. The number of hydrogen-bond acceptors (Lipinski definition) is 4. The van der Waals surface area contributed by atoms with E-state index in [0.717, 1.165) is 4.57 Å². The van der Waals surface area contributed by atoms with Crippen molar-refractivity contribution < 1.29 is 20.4 Å². The highest BCUT2D eigenvalue weighted by molar-refractivity contribution is 5.54. The van der Waals surface area contributed by atoms with Gasteiger partial charge in [-0.3, -0.25) is 4.57 Å². The zero-order chi connectivity index (χ0) is 9.30. The Morgan fingerprint density at radius 2 is 1.42 bits per heavy atom. The van der Waals surface area contributed by atoms with Crippen LogP contribution in [0.15, 0.2) is 0 Å². The number of hydrogen-bond donors (Lipinski definition) is 4. The van der Waals surface area contributed by atoms with Crippen LogP contribution < -0.4 is 0 Å². The number of aromatic hydroxyl groups is 4. The highest BCUT2D eigenvalue weighted by Gasteiger charge is 2.20. The second-order valence-corrected chi connectivity index (χ2v) is 2.50. The van der Waals surface area contributed by atoms with Gasteiger partial charge in [0, 0.05) is 6.54 Å². The molecule has 0 unspecified atom stereocenters. The van der Waals surface area contributed by atoms with Crippen molar-refractivity contribution in [2.24, 2.45) is 0 Å². The van der Waals surface area contributed by atoms with Crippen LogP contribution in [-0.2, 0) is 6.54 Å². The van der Waals surface area contributed by atoms with Gasteiger partial charge < -0.3 is 20.4 Å². The third-order valence-electron chi connectivity index (χ3n) is 1.61. The predicted molar refractivity (Wildman–Crippen MR) is 41.4 cm³/mol. The highest BCUT2D eigenvalue weighted by Crippen LogP contribution is 2.44. The Morgan fingerprint density at radius 3 is 1.75 bits per heavy atom. The maximum absolute atomic E-state index is 9.12. The summed E-state index contributed by atoms with van der Waals surface area (Å²) in [4.78, 5) is 0. The molecule has 0 atom stereocenters. The van der Waals surface area contributed by atoms with E-state index in [2.05, 4.69) is 0 Å². The first kappa shape index (κ1) is 8.58. The Bertz CT molecular complexity index is 267. The van der Waals surface area contributed by atoms with E-state index >= 15 is 0 Å². The maximum Gasteiger partial charge on any atom is 0.241 e. The molecule has 0 saturated heterocycles. The van der Waals surface area contributed by atoms with Gasteiger partial charge in [-0.1, -0.05) is 6.92 Å². The summed E-state index contributed by atoms with van der Waals surface area (Å²) in [6, 6.07) is 0. The van der Waals surface area contributed by atoms with E-state index in [4.69, 9.17) is 20.4 Å². The van der Waals surface area contributed by atoms with Crippen LogP contribution in [0.4, 0.5) is 0 Å². The first-order valence-corrected chi connectivity index (χ1v) is 3.61. The molecule has 0 aliphatic rings. The molecule has 0 aliphatic heterocycles. The summed E-state index contributed by atoms with van der Waals surface area (Å²) in [5.41, 5.74) is 0. The molecule has 68 valence electrons. The van der Waals surface area contributed by atoms with Gasteiger partial charge in [0.1, 0.15) is 0 Å². The van der Waals surface area contributed by atoms with E-state index in [9.17, 15) is 0 Å². The van der Waals surface area contributed by atoms with Crippen molar-refractivity contribution in [2.45, 2.75) is 19.9 Å².